The summed E-state index contributed by atoms with van der Waals surface area (Å²) in [5.74, 6) is 0. The number of primary sulfonamides is 1. The summed E-state index contributed by atoms with van der Waals surface area (Å²) < 4.78 is 23.0. The molecule has 0 amide bonds. The van der Waals surface area contributed by atoms with Crippen LogP contribution in [0.3, 0.4) is 0 Å². The van der Waals surface area contributed by atoms with Gasteiger partial charge in [0.05, 0.1) is 11.4 Å². The minimum Gasteiger partial charge on any atom is -0.396 e. The molecule has 0 aliphatic heterocycles. The monoisotopic (exact) mass is 305 g/mol. The van der Waals surface area contributed by atoms with Gasteiger partial charge in [0.2, 0.25) is 10.0 Å². The maximum atomic E-state index is 11.5. The number of para-hydroxylation sites is 2. The third-order valence-corrected chi connectivity index (χ3v) is 4.15. The standard InChI is InChI=1S/C15H19N3O2S/c1-2-6-11-7-3-4-8-12(11)18-13-9-5-10-14(15(13)16)21(17,19)20/h3-5,7-10,18H,2,6,16H2,1H3,(H2,17,19,20). The zero-order chi connectivity index (χ0) is 15.5. The molecule has 0 fully saturated rings. The first-order valence-electron chi connectivity index (χ1n) is 6.69. The van der Waals surface area contributed by atoms with Crippen LogP contribution in [0.25, 0.3) is 0 Å². The fourth-order valence-corrected chi connectivity index (χ4v) is 2.86. The summed E-state index contributed by atoms with van der Waals surface area (Å²) in [5.41, 5.74) is 8.65. The van der Waals surface area contributed by atoms with Gasteiger partial charge >= 0.3 is 0 Å². The van der Waals surface area contributed by atoms with Crippen molar-refractivity contribution >= 4 is 27.1 Å². The molecule has 0 aliphatic rings. The third-order valence-electron chi connectivity index (χ3n) is 3.18. The van der Waals surface area contributed by atoms with Gasteiger partial charge in [0.1, 0.15) is 4.90 Å². The Morgan fingerprint density at radius 2 is 1.71 bits per heavy atom. The van der Waals surface area contributed by atoms with Gasteiger partial charge < -0.3 is 11.1 Å². The van der Waals surface area contributed by atoms with Gasteiger partial charge in [-0.3, -0.25) is 0 Å². The van der Waals surface area contributed by atoms with Crippen molar-refractivity contribution in [2.75, 3.05) is 11.1 Å². The van der Waals surface area contributed by atoms with E-state index in [2.05, 4.69) is 12.2 Å². The molecule has 0 bridgehead atoms. The molecule has 21 heavy (non-hydrogen) atoms. The van der Waals surface area contributed by atoms with E-state index >= 15 is 0 Å². The van der Waals surface area contributed by atoms with Crippen LogP contribution in [0.1, 0.15) is 18.9 Å². The molecule has 112 valence electrons. The Balaban J connectivity index is 2.42. The largest absolute Gasteiger partial charge is 0.396 e. The first kappa shape index (κ1) is 15.3. The molecule has 0 aromatic heterocycles. The average molecular weight is 305 g/mol. The molecule has 0 heterocycles. The zero-order valence-corrected chi connectivity index (χ0v) is 12.7. The molecule has 5 nitrogen and oxygen atoms in total. The number of benzene rings is 2. The van der Waals surface area contributed by atoms with E-state index in [0.717, 1.165) is 24.1 Å². The van der Waals surface area contributed by atoms with Crippen molar-refractivity contribution in [1.82, 2.24) is 0 Å². The lowest BCUT2D eigenvalue weighted by atomic mass is 10.1. The quantitative estimate of drug-likeness (QED) is 0.739. The van der Waals surface area contributed by atoms with E-state index in [0.29, 0.717) is 5.69 Å². The Morgan fingerprint density at radius 3 is 2.38 bits per heavy atom. The molecular formula is C15H19N3O2S. The molecule has 0 saturated heterocycles. The van der Waals surface area contributed by atoms with E-state index in [-0.39, 0.29) is 10.6 Å². The van der Waals surface area contributed by atoms with Crippen molar-refractivity contribution in [3.05, 3.63) is 48.0 Å². The van der Waals surface area contributed by atoms with Crippen LogP contribution in [0.2, 0.25) is 0 Å². The molecular weight excluding hydrogens is 286 g/mol. The fourth-order valence-electron chi connectivity index (χ4n) is 2.18. The molecule has 0 saturated carbocycles. The maximum absolute atomic E-state index is 11.5. The predicted octanol–water partition coefficient (Wildman–Crippen LogP) is 2.61. The highest BCUT2D eigenvalue weighted by molar-refractivity contribution is 7.89. The molecule has 2 rings (SSSR count). The molecule has 5 N–H and O–H groups in total. The normalized spacial score (nSPS) is 11.3. The summed E-state index contributed by atoms with van der Waals surface area (Å²) in [5, 5.41) is 8.36. The summed E-state index contributed by atoms with van der Waals surface area (Å²) in [6.07, 6.45) is 1.95. The van der Waals surface area contributed by atoms with Gasteiger partial charge in [-0.2, -0.15) is 0 Å². The highest BCUT2D eigenvalue weighted by Crippen LogP contribution is 2.30. The molecule has 6 heteroatoms. The summed E-state index contributed by atoms with van der Waals surface area (Å²) in [6, 6.07) is 12.6. The molecule has 2 aromatic rings. The van der Waals surface area contributed by atoms with Gasteiger partial charge in [-0.05, 0) is 30.2 Å². The zero-order valence-electron chi connectivity index (χ0n) is 11.8. The summed E-state index contributed by atoms with van der Waals surface area (Å²) in [6.45, 7) is 2.10. The second-order valence-electron chi connectivity index (χ2n) is 4.79. The topological polar surface area (TPSA) is 98.2 Å². The number of nitrogens with two attached hydrogens (primary N) is 2. The van der Waals surface area contributed by atoms with Gasteiger partial charge in [0.25, 0.3) is 0 Å². The predicted molar refractivity (Wildman–Crippen MR) is 85.9 cm³/mol. The lowest BCUT2D eigenvalue weighted by Gasteiger charge is -2.14. The Labute approximate surface area is 125 Å². The molecule has 0 unspecified atom stereocenters. The number of nitrogens with one attached hydrogen (secondary N) is 1. The van der Waals surface area contributed by atoms with Crippen LogP contribution in [0.15, 0.2) is 47.4 Å². The second-order valence-corrected chi connectivity index (χ2v) is 6.32. The highest BCUT2D eigenvalue weighted by atomic mass is 32.2. The number of hydrogen-bond acceptors (Lipinski definition) is 4. The van der Waals surface area contributed by atoms with E-state index in [1.807, 2.05) is 24.3 Å². The first-order valence-corrected chi connectivity index (χ1v) is 8.24. The average Bonchev–Trinajstić information content (AvgIpc) is 2.42. The molecule has 2 aromatic carbocycles. The number of aryl methyl sites for hydroxylation is 1. The lowest BCUT2D eigenvalue weighted by Crippen LogP contribution is -2.15. The van der Waals surface area contributed by atoms with Crippen molar-refractivity contribution in [2.45, 2.75) is 24.7 Å². The van der Waals surface area contributed by atoms with Crippen LogP contribution < -0.4 is 16.2 Å². The lowest BCUT2D eigenvalue weighted by molar-refractivity contribution is 0.598. The fraction of sp³-hybridized carbons (Fsp3) is 0.200. The van der Waals surface area contributed by atoms with E-state index in [9.17, 15) is 8.42 Å². The van der Waals surface area contributed by atoms with Crippen LogP contribution in [0, 0.1) is 0 Å². The number of rotatable bonds is 5. The Bertz CT molecular complexity index is 742. The van der Waals surface area contributed by atoms with Crippen molar-refractivity contribution in [2.24, 2.45) is 5.14 Å². The van der Waals surface area contributed by atoms with E-state index in [1.54, 1.807) is 12.1 Å². The van der Waals surface area contributed by atoms with E-state index < -0.39 is 10.0 Å². The number of anilines is 3. The highest BCUT2D eigenvalue weighted by Gasteiger charge is 2.15. The minimum atomic E-state index is -3.83. The summed E-state index contributed by atoms with van der Waals surface area (Å²) in [4.78, 5) is -0.0690. The van der Waals surface area contributed by atoms with Crippen LogP contribution in [-0.2, 0) is 16.4 Å². The minimum absolute atomic E-state index is 0.0690. The first-order chi connectivity index (χ1) is 9.93. The van der Waals surface area contributed by atoms with Gasteiger partial charge in [0, 0.05) is 5.69 Å². The summed E-state index contributed by atoms with van der Waals surface area (Å²) >= 11 is 0. The van der Waals surface area contributed by atoms with Crippen molar-refractivity contribution < 1.29 is 8.42 Å². The van der Waals surface area contributed by atoms with E-state index in [4.69, 9.17) is 10.9 Å². The van der Waals surface area contributed by atoms with Crippen LogP contribution in [0.4, 0.5) is 17.1 Å². The Kier molecular flexibility index (Phi) is 4.50. The van der Waals surface area contributed by atoms with Crippen molar-refractivity contribution in [1.29, 1.82) is 0 Å². The van der Waals surface area contributed by atoms with Gasteiger partial charge in [-0.15, -0.1) is 0 Å². The van der Waals surface area contributed by atoms with Gasteiger partial charge in [0.15, 0.2) is 0 Å². The second kappa shape index (κ2) is 6.15. The van der Waals surface area contributed by atoms with Gasteiger partial charge in [-0.25, -0.2) is 13.6 Å². The molecule has 0 atom stereocenters. The van der Waals surface area contributed by atoms with Crippen LogP contribution in [0.5, 0.6) is 0 Å². The Morgan fingerprint density at radius 1 is 1.05 bits per heavy atom. The number of sulfonamides is 1. The van der Waals surface area contributed by atoms with E-state index in [1.165, 1.54) is 6.07 Å². The van der Waals surface area contributed by atoms with Crippen LogP contribution in [-0.4, -0.2) is 8.42 Å². The smallest absolute Gasteiger partial charge is 0.240 e. The van der Waals surface area contributed by atoms with Crippen LogP contribution >= 0.6 is 0 Å². The van der Waals surface area contributed by atoms with Crippen molar-refractivity contribution in [3.63, 3.8) is 0 Å². The molecule has 0 aliphatic carbocycles. The summed E-state index contributed by atoms with van der Waals surface area (Å²) in [7, 11) is -3.83. The van der Waals surface area contributed by atoms with Crippen molar-refractivity contribution in [3.8, 4) is 0 Å². The SMILES string of the molecule is CCCc1ccccc1Nc1cccc(S(N)(=O)=O)c1N. The number of nitrogen functional groups attached to an aromatic ring is 1. The molecule has 0 radical (unpaired) electrons. The Hall–Kier alpha value is -2.05. The molecule has 0 spiro atoms. The third kappa shape index (κ3) is 3.53. The number of hydrogen-bond donors (Lipinski definition) is 3. The maximum Gasteiger partial charge on any atom is 0.240 e. The van der Waals surface area contributed by atoms with Gasteiger partial charge in [-0.1, -0.05) is 37.6 Å².